The Morgan fingerprint density at radius 1 is 1.47 bits per heavy atom. The first-order chi connectivity index (χ1) is 9.08. The van der Waals surface area contributed by atoms with Gasteiger partial charge in [-0.15, -0.1) is 5.10 Å². The molecule has 2 aromatic rings. The highest BCUT2D eigenvalue weighted by atomic mass is 79.9. The van der Waals surface area contributed by atoms with E-state index in [1.807, 2.05) is 25.1 Å². The number of carboxylic acids is 1. The number of tetrazole rings is 1. The van der Waals surface area contributed by atoms with Gasteiger partial charge in [0.2, 0.25) is 0 Å². The van der Waals surface area contributed by atoms with E-state index in [4.69, 9.17) is 5.11 Å². The molecule has 2 rings (SSSR count). The van der Waals surface area contributed by atoms with Crippen molar-refractivity contribution in [2.45, 2.75) is 26.3 Å². The molecular formula is C12H13BrN4O2. The minimum absolute atomic E-state index is 0.106. The number of rotatable bonds is 5. The molecule has 1 heterocycles. The van der Waals surface area contributed by atoms with Crippen LogP contribution in [0.2, 0.25) is 0 Å². The minimum atomic E-state index is -0.814. The summed E-state index contributed by atoms with van der Waals surface area (Å²) in [6, 6.07) is 5.92. The summed E-state index contributed by atoms with van der Waals surface area (Å²) < 4.78 is 2.54. The van der Waals surface area contributed by atoms with Crippen LogP contribution in [0.3, 0.4) is 0 Å². The van der Waals surface area contributed by atoms with Crippen molar-refractivity contribution in [2.75, 3.05) is 0 Å². The van der Waals surface area contributed by atoms with Gasteiger partial charge in [0.1, 0.15) is 0 Å². The van der Waals surface area contributed by atoms with Crippen LogP contribution in [-0.4, -0.2) is 31.3 Å². The fraction of sp³-hybridized carbons (Fsp3) is 0.333. The van der Waals surface area contributed by atoms with Crippen LogP contribution in [0.4, 0.5) is 0 Å². The molecular weight excluding hydrogens is 312 g/mol. The van der Waals surface area contributed by atoms with Gasteiger partial charge in [-0.2, -0.15) is 0 Å². The zero-order chi connectivity index (χ0) is 13.8. The van der Waals surface area contributed by atoms with Gasteiger partial charge in [-0.1, -0.05) is 22.0 Å². The summed E-state index contributed by atoms with van der Waals surface area (Å²) in [6.07, 6.45) is 0.602. The lowest BCUT2D eigenvalue weighted by molar-refractivity contribution is -0.137. The summed E-state index contributed by atoms with van der Waals surface area (Å²) in [7, 11) is 0. The second-order valence-electron chi connectivity index (χ2n) is 4.21. The van der Waals surface area contributed by atoms with E-state index in [0.29, 0.717) is 18.8 Å². The second-order valence-corrected chi connectivity index (χ2v) is 5.06. The number of benzene rings is 1. The van der Waals surface area contributed by atoms with Crippen LogP contribution in [0.15, 0.2) is 22.7 Å². The standard InChI is InChI=1S/C12H13BrN4O2/c1-8-4-5-9(10(13)7-8)12-14-15-16-17(12)6-2-3-11(18)19/h4-5,7H,2-3,6H2,1H3,(H,18,19). The Hall–Kier alpha value is -1.76. The van der Waals surface area contributed by atoms with Crippen LogP contribution in [0.25, 0.3) is 11.4 Å². The van der Waals surface area contributed by atoms with Gasteiger partial charge >= 0.3 is 5.97 Å². The van der Waals surface area contributed by atoms with Gasteiger partial charge < -0.3 is 5.11 Å². The summed E-state index contributed by atoms with van der Waals surface area (Å²) in [5.74, 6) is -0.177. The molecule has 19 heavy (non-hydrogen) atoms. The molecule has 0 unspecified atom stereocenters. The molecule has 0 atom stereocenters. The van der Waals surface area contributed by atoms with Crippen molar-refractivity contribution in [1.29, 1.82) is 0 Å². The Kier molecular flexibility index (Phi) is 4.26. The van der Waals surface area contributed by atoms with Crippen molar-refractivity contribution in [2.24, 2.45) is 0 Å². The highest BCUT2D eigenvalue weighted by Gasteiger charge is 2.12. The SMILES string of the molecule is Cc1ccc(-c2nnnn2CCCC(=O)O)c(Br)c1. The Bertz CT molecular complexity index is 597. The van der Waals surface area contributed by atoms with Crippen molar-refractivity contribution in [3.8, 4) is 11.4 Å². The lowest BCUT2D eigenvalue weighted by Crippen LogP contribution is -2.05. The predicted molar refractivity (Wildman–Crippen MR) is 72.6 cm³/mol. The van der Waals surface area contributed by atoms with E-state index in [1.54, 1.807) is 4.68 Å². The number of carboxylic acid groups (broad SMARTS) is 1. The van der Waals surface area contributed by atoms with E-state index in [0.717, 1.165) is 15.6 Å². The third-order valence-electron chi connectivity index (χ3n) is 2.66. The van der Waals surface area contributed by atoms with Gasteiger partial charge in [0.25, 0.3) is 0 Å². The highest BCUT2D eigenvalue weighted by Crippen LogP contribution is 2.27. The van der Waals surface area contributed by atoms with E-state index < -0.39 is 5.97 Å². The Balaban J connectivity index is 2.21. The van der Waals surface area contributed by atoms with Crippen molar-refractivity contribution < 1.29 is 9.90 Å². The summed E-state index contributed by atoms with van der Waals surface area (Å²) in [4.78, 5) is 10.5. The molecule has 0 fully saturated rings. The van der Waals surface area contributed by atoms with Gasteiger partial charge in [-0.3, -0.25) is 4.79 Å². The van der Waals surface area contributed by atoms with E-state index in [-0.39, 0.29) is 6.42 Å². The maximum Gasteiger partial charge on any atom is 0.303 e. The van der Waals surface area contributed by atoms with Crippen molar-refractivity contribution in [3.63, 3.8) is 0 Å². The summed E-state index contributed by atoms with van der Waals surface area (Å²) in [5.41, 5.74) is 2.03. The van der Waals surface area contributed by atoms with E-state index in [9.17, 15) is 4.79 Å². The maximum atomic E-state index is 10.5. The van der Waals surface area contributed by atoms with E-state index in [1.165, 1.54) is 0 Å². The molecule has 0 saturated carbocycles. The summed E-state index contributed by atoms with van der Waals surface area (Å²) in [6.45, 7) is 2.49. The lowest BCUT2D eigenvalue weighted by Gasteiger charge is -2.06. The number of carbonyl (C=O) groups is 1. The van der Waals surface area contributed by atoms with Gasteiger partial charge in [0, 0.05) is 23.0 Å². The van der Waals surface area contributed by atoms with E-state index >= 15 is 0 Å². The first-order valence-electron chi connectivity index (χ1n) is 5.82. The molecule has 6 nitrogen and oxygen atoms in total. The number of hydrogen-bond donors (Lipinski definition) is 1. The first-order valence-corrected chi connectivity index (χ1v) is 6.61. The molecule has 100 valence electrons. The van der Waals surface area contributed by atoms with Crippen LogP contribution in [0.5, 0.6) is 0 Å². The van der Waals surface area contributed by atoms with Crippen LogP contribution >= 0.6 is 15.9 Å². The fourth-order valence-corrected chi connectivity index (χ4v) is 2.40. The number of aliphatic carboxylic acids is 1. The zero-order valence-electron chi connectivity index (χ0n) is 10.4. The van der Waals surface area contributed by atoms with Gasteiger partial charge in [0.05, 0.1) is 0 Å². The van der Waals surface area contributed by atoms with Crippen molar-refractivity contribution in [3.05, 3.63) is 28.2 Å². The average molecular weight is 325 g/mol. The molecule has 1 aromatic heterocycles. The van der Waals surface area contributed by atoms with Gasteiger partial charge in [0.15, 0.2) is 5.82 Å². The quantitative estimate of drug-likeness (QED) is 0.912. The van der Waals surface area contributed by atoms with Crippen LogP contribution in [0, 0.1) is 6.92 Å². The van der Waals surface area contributed by atoms with Gasteiger partial charge in [-0.05, 0) is 41.5 Å². The molecule has 0 radical (unpaired) electrons. The molecule has 0 aliphatic heterocycles. The molecule has 0 bridgehead atoms. The molecule has 1 aromatic carbocycles. The summed E-state index contributed by atoms with van der Waals surface area (Å²) in [5, 5.41) is 20.2. The Morgan fingerprint density at radius 2 is 2.26 bits per heavy atom. The van der Waals surface area contributed by atoms with E-state index in [2.05, 4.69) is 31.5 Å². The normalized spacial score (nSPS) is 10.6. The minimum Gasteiger partial charge on any atom is -0.481 e. The molecule has 1 N–H and O–H groups in total. The second kappa shape index (κ2) is 5.92. The summed E-state index contributed by atoms with van der Waals surface area (Å²) >= 11 is 3.49. The predicted octanol–water partition coefficient (Wildman–Crippen LogP) is 2.28. The molecule has 0 amide bonds. The molecule has 0 aliphatic rings. The number of halogens is 1. The van der Waals surface area contributed by atoms with Gasteiger partial charge in [-0.25, -0.2) is 4.68 Å². The lowest BCUT2D eigenvalue weighted by atomic mass is 10.1. The average Bonchev–Trinajstić information content (AvgIpc) is 2.77. The Labute approximate surface area is 118 Å². The molecule has 0 spiro atoms. The fourth-order valence-electron chi connectivity index (χ4n) is 1.73. The molecule has 0 saturated heterocycles. The smallest absolute Gasteiger partial charge is 0.303 e. The number of aryl methyl sites for hydroxylation is 2. The number of hydrogen-bond acceptors (Lipinski definition) is 4. The zero-order valence-corrected chi connectivity index (χ0v) is 12.0. The topological polar surface area (TPSA) is 80.9 Å². The first kappa shape index (κ1) is 13.7. The number of aromatic nitrogens is 4. The van der Waals surface area contributed by atoms with Crippen LogP contribution in [0.1, 0.15) is 18.4 Å². The number of nitrogens with zero attached hydrogens (tertiary/aromatic N) is 4. The van der Waals surface area contributed by atoms with Crippen LogP contribution in [-0.2, 0) is 11.3 Å². The third-order valence-corrected chi connectivity index (χ3v) is 3.31. The Morgan fingerprint density at radius 3 is 2.95 bits per heavy atom. The monoisotopic (exact) mass is 324 g/mol. The molecule has 7 heteroatoms. The molecule has 0 aliphatic carbocycles. The van der Waals surface area contributed by atoms with Crippen LogP contribution < -0.4 is 0 Å². The van der Waals surface area contributed by atoms with Crippen molar-refractivity contribution >= 4 is 21.9 Å². The largest absolute Gasteiger partial charge is 0.481 e. The third kappa shape index (κ3) is 3.37. The maximum absolute atomic E-state index is 10.5. The highest BCUT2D eigenvalue weighted by molar-refractivity contribution is 9.10. The van der Waals surface area contributed by atoms with Crippen molar-refractivity contribution in [1.82, 2.24) is 20.2 Å².